The van der Waals surface area contributed by atoms with Crippen molar-refractivity contribution in [2.45, 2.75) is 0 Å². The van der Waals surface area contributed by atoms with Crippen molar-refractivity contribution in [2.75, 3.05) is 0 Å². The molecule has 0 aliphatic heterocycles. The Labute approximate surface area is 110 Å². The van der Waals surface area contributed by atoms with Gasteiger partial charge >= 0.3 is 0 Å². The molecule has 0 radical (unpaired) electrons. The number of rotatable bonds is 2. The molecule has 0 unspecified atom stereocenters. The van der Waals surface area contributed by atoms with Gasteiger partial charge in [-0.15, -0.1) is 0 Å². The minimum Gasteiger partial charge on any atom is -0.317 e. The monoisotopic (exact) mass is 316 g/mol. The van der Waals surface area contributed by atoms with Crippen LogP contribution >= 0.6 is 7.80 Å². The normalized spacial score (nSPS) is 9.67. The van der Waals surface area contributed by atoms with Crippen LogP contribution in [0.4, 0.5) is 0 Å². The van der Waals surface area contributed by atoms with Gasteiger partial charge < -0.3 is 4.57 Å². The standard InChI is InChI=1S/C12H11OP.Cd/c13-14(11-7-3-1-4-8-11)12-9-5-2-6-10-12;/h1-10,14H;. The molecule has 2 rings (SSSR count). The molecule has 72 valence electrons. The van der Waals surface area contributed by atoms with Crippen molar-refractivity contribution in [3.63, 3.8) is 0 Å². The van der Waals surface area contributed by atoms with Crippen LogP contribution in [0.25, 0.3) is 0 Å². The fraction of sp³-hybridized carbons (Fsp3) is 0. The van der Waals surface area contributed by atoms with E-state index >= 15 is 0 Å². The molecule has 0 N–H and O–H groups in total. The van der Waals surface area contributed by atoms with Crippen LogP contribution in [0.3, 0.4) is 0 Å². The van der Waals surface area contributed by atoms with Crippen LogP contribution in [-0.2, 0) is 31.9 Å². The van der Waals surface area contributed by atoms with Crippen molar-refractivity contribution in [1.29, 1.82) is 0 Å². The topological polar surface area (TPSA) is 17.1 Å². The van der Waals surface area contributed by atoms with E-state index in [9.17, 15) is 4.57 Å². The van der Waals surface area contributed by atoms with Crippen LogP contribution in [0, 0.1) is 0 Å². The largest absolute Gasteiger partial charge is 0.317 e. The summed E-state index contributed by atoms with van der Waals surface area (Å²) in [5, 5.41) is 1.84. The van der Waals surface area contributed by atoms with Gasteiger partial charge in [-0.25, -0.2) is 0 Å². The van der Waals surface area contributed by atoms with Crippen LogP contribution in [0.5, 0.6) is 0 Å². The molecular formula is C12H11CdOP. The van der Waals surface area contributed by atoms with E-state index in [4.69, 9.17) is 0 Å². The van der Waals surface area contributed by atoms with Gasteiger partial charge in [0.2, 0.25) is 0 Å². The Hall–Kier alpha value is -0.408. The first-order chi connectivity index (χ1) is 6.88. The summed E-state index contributed by atoms with van der Waals surface area (Å²) in [7, 11) is -1.79. The van der Waals surface area contributed by atoms with Crippen LogP contribution in [0.15, 0.2) is 60.7 Å². The Morgan fingerprint density at radius 1 is 0.667 bits per heavy atom. The van der Waals surface area contributed by atoms with E-state index in [-0.39, 0.29) is 27.3 Å². The molecule has 0 saturated heterocycles. The summed E-state index contributed by atoms with van der Waals surface area (Å²) in [6, 6.07) is 19.2. The van der Waals surface area contributed by atoms with Crippen molar-refractivity contribution >= 4 is 18.4 Å². The molecule has 0 aliphatic rings. The fourth-order valence-corrected chi connectivity index (χ4v) is 2.67. The summed E-state index contributed by atoms with van der Waals surface area (Å²) in [5.41, 5.74) is 0. The van der Waals surface area contributed by atoms with Gasteiger partial charge in [0, 0.05) is 37.9 Å². The molecule has 0 aliphatic carbocycles. The Morgan fingerprint density at radius 3 is 1.33 bits per heavy atom. The van der Waals surface area contributed by atoms with Gasteiger partial charge in [0.15, 0.2) is 0 Å². The van der Waals surface area contributed by atoms with Crippen molar-refractivity contribution in [1.82, 2.24) is 0 Å². The van der Waals surface area contributed by atoms with Gasteiger partial charge in [-0.1, -0.05) is 60.7 Å². The van der Waals surface area contributed by atoms with Gasteiger partial charge in [-0.2, -0.15) is 0 Å². The summed E-state index contributed by atoms with van der Waals surface area (Å²) < 4.78 is 12.0. The molecule has 0 aromatic heterocycles. The smallest absolute Gasteiger partial charge is 0.131 e. The molecule has 1 nitrogen and oxygen atoms in total. The molecule has 0 atom stereocenters. The second-order valence-corrected chi connectivity index (χ2v) is 4.87. The molecule has 0 heterocycles. The molecular weight excluding hydrogens is 304 g/mol. The minimum absolute atomic E-state index is 0. The van der Waals surface area contributed by atoms with Gasteiger partial charge in [-0.3, -0.25) is 0 Å². The van der Waals surface area contributed by atoms with E-state index in [2.05, 4.69) is 0 Å². The summed E-state index contributed by atoms with van der Waals surface area (Å²) in [6.45, 7) is 0. The van der Waals surface area contributed by atoms with Crippen LogP contribution in [-0.4, -0.2) is 0 Å². The average molecular weight is 315 g/mol. The van der Waals surface area contributed by atoms with Gasteiger partial charge in [-0.05, 0) is 0 Å². The molecule has 2 aromatic rings. The maximum atomic E-state index is 12.0. The van der Waals surface area contributed by atoms with Crippen molar-refractivity contribution in [3.8, 4) is 0 Å². The second-order valence-electron chi connectivity index (χ2n) is 3.06. The zero-order valence-corrected chi connectivity index (χ0v) is 13.4. The third-order valence-electron chi connectivity index (χ3n) is 2.07. The van der Waals surface area contributed by atoms with Crippen molar-refractivity contribution < 1.29 is 31.9 Å². The number of hydrogen-bond donors (Lipinski definition) is 0. The minimum atomic E-state index is -1.79. The zero-order chi connectivity index (χ0) is 9.80. The van der Waals surface area contributed by atoms with E-state index in [0.29, 0.717) is 0 Å². The van der Waals surface area contributed by atoms with Crippen molar-refractivity contribution in [2.24, 2.45) is 0 Å². The van der Waals surface area contributed by atoms with Gasteiger partial charge in [0.05, 0.1) is 0 Å². The second kappa shape index (κ2) is 6.23. The number of benzene rings is 2. The molecule has 3 heteroatoms. The number of hydrogen-bond acceptors (Lipinski definition) is 1. The van der Waals surface area contributed by atoms with Crippen LogP contribution in [0.1, 0.15) is 0 Å². The SMILES string of the molecule is O=[PH](c1ccccc1)c1ccccc1.[Cd]. The molecule has 0 saturated carbocycles. The molecule has 2 aromatic carbocycles. The zero-order valence-electron chi connectivity index (χ0n) is 8.39. The third-order valence-corrected chi connectivity index (χ3v) is 3.79. The first-order valence-electron chi connectivity index (χ1n) is 4.53. The molecule has 0 spiro atoms. The van der Waals surface area contributed by atoms with Crippen molar-refractivity contribution in [3.05, 3.63) is 60.7 Å². The van der Waals surface area contributed by atoms with Gasteiger partial charge in [0.25, 0.3) is 0 Å². The average Bonchev–Trinajstić information content (AvgIpc) is 2.30. The molecule has 0 bridgehead atoms. The summed E-state index contributed by atoms with van der Waals surface area (Å²) >= 11 is 0. The molecule has 0 amide bonds. The summed E-state index contributed by atoms with van der Waals surface area (Å²) in [4.78, 5) is 0. The van der Waals surface area contributed by atoms with Crippen LogP contribution < -0.4 is 10.6 Å². The third kappa shape index (κ3) is 3.28. The van der Waals surface area contributed by atoms with E-state index in [1.165, 1.54) is 0 Å². The maximum Gasteiger partial charge on any atom is 0.131 e. The maximum absolute atomic E-state index is 12.0. The Kier molecular flexibility index (Phi) is 5.26. The van der Waals surface area contributed by atoms with E-state index in [1.54, 1.807) is 0 Å². The van der Waals surface area contributed by atoms with E-state index in [0.717, 1.165) is 10.6 Å². The Balaban J connectivity index is 0.00000112. The van der Waals surface area contributed by atoms with Gasteiger partial charge in [0.1, 0.15) is 7.80 Å². The Bertz CT molecular complexity index is 386. The summed E-state index contributed by atoms with van der Waals surface area (Å²) in [5.74, 6) is 0. The first kappa shape index (κ1) is 12.7. The summed E-state index contributed by atoms with van der Waals surface area (Å²) in [6.07, 6.45) is 0. The predicted octanol–water partition coefficient (Wildman–Crippen LogP) is 2.19. The Morgan fingerprint density at radius 2 is 1.00 bits per heavy atom. The predicted molar refractivity (Wildman–Crippen MR) is 61.2 cm³/mol. The van der Waals surface area contributed by atoms with E-state index in [1.807, 2.05) is 60.7 Å². The quantitative estimate of drug-likeness (QED) is 0.613. The fourth-order valence-electron chi connectivity index (χ4n) is 1.35. The molecule has 0 fully saturated rings. The first-order valence-corrected chi connectivity index (χ1v) is 5.93. The van der Waals surface area contributed by atoms with Crippen LogP contribution in [0.2, 0.25) is 0 Å². The molecule has 15 heavy (non-hydrogen) atoms. The van der Waals surface area contributed by atoms with E-state index < -0.39 is 7.80 Å².